The van der Waals surface area contributed by atoms with Gasteiger partial charge in [-0.1, -0.05) is 59.6 Å². The van der Waals surface area contributed by atoms with Crippen LogP contribution in [0.5, 0.6) is 0 Å². The topological polar surface area (TPSA) is 84.9 Å². The van der Waals surface area contributed by atoms with E-state index in [0.29, 0.717) is 43.3 Å². The number of hydrogen-bond acceptors (Lipinski definition) is 5. The van der Waals surface area contributed by atoms with E-state index in [0.717, 1.165) is 16.9 Å². The standard InChI is InChI=1S/C15H25ClNO4P.C7H5ClO/c1-3-20-15(21-4-2)22(18,19)11-7-10-17-12-13-8-5-6-9-14(13)16;8-7-4-2-1-3-6(7)5-9/h5-6,8-9,15,17H,3-4,7,10-12H2,1-2H3,(H,18,19);1-5H. The molecule has 2 aromatic carbocycles. The minimum absolute atomic E-state index is 0.160. The lowest BCUT2D eigenvalue weighted by atomic mass is 10.2. The third kappa shape index (κ3) is 10.8. The van der Waals surface area contributed by atoms with E-state index in [1.807, 2.05) is 24.3 Å². The summed E-state index contributed by atoms with van der Waals surface area (Å²) in [5, 5.41) is 4.44. The number of carbonyl (C=O) groups excluding carboxylic acids is 1. The van der Waals surface area contributed by atoms with Crippen LogP contribution in [0.25, 0.3) is 0 Å². The summed E-state index contributed by atoms with van der Waals surface area (Å²) >= 11 is 11.7. The van der Waals surface area contributed by atoms with E-state index in [9.17, 15) is 14.3 Å². The van der Waals surface area contributed by atoms with E-state index >= 15 is 0 Å². The molecule has 0 saturated carbocycles. The molecule has 31 heavy (non-hydrogen) atoms. The van der Waals surface area contributed by atoms with Crippen molar-refractivity contribution >= 4 is 36.9 Å². The van der Waals surface area contributed by atoms with Gasteiger partial charge in [-0.2, -0.15) is 0 Å². The van der Waals surface area contributed by atoms with Crippen LogP contribution in [0.15, 0.2) is 48.5 Å². The molecule has 1 atom stereocenters. The molecule has 0 fully saturated rings. The monoisotopic (exact) mass is 489 g/mol. The Kier molecular flexibility index (Phi) is 13.9. The van der Waals surface area contributed by atoms with Gasteiger partial charge in [-0.3, -0.25) is 9.36 Å². The highest BCUT2D eigenvalue weighted by Gasteiger charge is 2.31. The Morgan fingerprint density at radius 2 is 1.61 bits per heavy atom. The lowest BCUT2D eigenvalue weighted by molar-refractivity contribution is -0.0871. The maximum atomic E-state index is 12.2. The summed E-state index contributed by atoms with van der Waals surface area (Å²) in [5.74, 6) is 0. The van der Waals surface area contributed by atoms with Gasteiger partial charge in [-0.15, -0.1) is 0 Å². The van der Waals surface area contributed by atoms with Crippen LogP contribution in [0, 0.1) is 0 Å². The Balaban J connectivity index is 0.000000442. The van der Waals surface area contributed by atoms with Crippen molar-refractivity contribution in [3.8, 4) is 0 Å². The van der Waals surface area contributed by atoms with Gasteiger partial charge in [0.15, 0.2) is 6.29 Å². The van der Waals surface area contributed by atoms with Gasteiger partial charge < -0.3 is 19.7 Å². The fourth-order valence-electron chi connectivity index (χ4n) is 2.54. The van der Waals surface area contributed by atoms with Crippen LogP contribution >= 0.6 is 30.6 Å². The van der Waals surface area contributed by atoms with E-state index in [1.54, 1.807) is 38.1 Å². The summed E-state index contributed by atoms with van der Waals surface area (Å²) < 4.78 is 22.7. The normalized spacial score (nSPS) is 12.7. The van der Waals surface area contributed by atoms with E-state index in [1.165, 1.54) is 0 Å². The van der Waals surface area contributed by atoms with E-state index in [2.05, 4.69) is 5.32 Å². The molecular weight excluding hydrogens is 460 g/mol. The van der Waals surface area contributed by atoms with Crippen molar-refractivity contribution in [1.29, 1.82) is 0 Å². The molecule has 0 radical (unpaired) electrons. The molecule has 0 amide bonds. The molecule has 1 unspecified atom stereocenters. The Morgan fingerprint density at radius 1 is 1.03 bits per heavy atom. The van der Waals surface area contributed by atoms with Gasteiger partial charge in [0.05, 0.1) is 5.02 Å². The van der Waals surface area contributed by atoms with Crippen LogP contribution in [-0.2, 0) is 20.6 Å². The lowest BCUT2D eigenvalue weighted by Gasteiger charge is -2.22. The Bertz CT molecular complexity index is 831. The molecule has 9 heteroatoms. The van der Waals surface area contributed by atoms with Gasteiger partial charge in [0.25, 0.3) is 7.37 Å². The van der Waals surface area contributed by atoms with E-state index in [-0.39, 0.29) is 6.16 Å². The Hall–Kier alpha value is -1.24. The average molecular weight is 490 g/mol. The smallest absolute Gasteiger partial charge is 0.255 e. The molecule has 0 aromatic heterocycles. The number of aldehydes is 1. The first-order valence-electron chi connectivity index (χ1n) is 10.0. The largest absolute Gasteiger partial charge is 0.345 e. The molecule has 0 aliphatic rings. The third-order valence-electron chi connectivity index (χ3n) is 4.09. The van der Waals surface area contributed by atoms with Crippen molar-refractivity contribution in [2.24, 2.45) is 0 Å². The minimum atomic E-state index is -3.47. The number of rotatable bonds is 12. The van der Waals surface area contributed by atoms with Crippen LogP contribution in [0.2, 0.25) is 10.0 Å². The number of hydrogen-bond donors (Lipinski definition) is 2. The summed E-state index contributed by atoms with van der Waals surface area (Å²) in [4.78, 5) is 20.2. The molecule has 0 aliphatic carbocycles. The van der Waals surface area contributed by atoms with E-state index < -0.39 is 13.4 Å². The van der Waals surface area contributed by atoms with Crippen molar-refractivity contribution in [2.45, 2.75) is 32.8 Å². The number of carbonyl (C=O) groups is 1. The molecule has 0 spiro atoms. The quantitative estimate of drug-likeness (QED) is 0.174. The van der Waals surface area contributed by atoms with Gasteiger partial charge in [0.1, 0.15) is 0 Å². The van der Waals surface area contributed by atoms with Gasteiger partial charge in [0, 0.05) is 36.5 Å². The van der Waals surface area contributed by atoms with Crippen molar-refractivity contribution in [1.82, 2.24) is 5.32 Å². The Morgan fingerprint density at radius 3 is 2.13 bits per heavy atom. The van der Waals surface area contributed by atoms with Crippen LogP contribution in [0.4, 0.5) is 0 Å². The molecule has 172 valence electrons. The summed E-state index contributed by atoms with van der Waals surface area (Å²) in [7, 11) is -3.47. The van der Waals surface area contributed by atoms with Crippen molar-refractivity contribution in [3.05, 3.63) is 69.7 Å². The number of benzene rings is 2. The predicted molar refractivity (Wildman–Crippen MR) is 126 cm³/mol. The first-order valence-corrected chi connectivity index (χ1v) is 12.7. The molecule has 2 aromatic rings. The highest BCUT2D eigenvalue weighted by molar-refractivity contribution is 7.58. The SMILES string of the molecule is CCOC(OCC)P(=O)(O)CCCNCc1ccccc1Cl.O=Cc1ccccc1Cl. The average Bonchev–Trinajstić information content (AvgIpc) is 2.75. The molecule has 2 N–H and O–H groups in total. The molecule has 0 bridgehead atoms. The lowest BCUT2D eigenvalue weighted by Crippen LogP contribution is -2.21. The summed E-state index contributed by atoms with van der Waals surface area (Å²) in [6.07, 6.45) is 1.46. The second kappa shape index (κ2) is 15.5. The first-order chi connectivity index (χ1) is 14.9. The first kappa shape index (κ1) is 27.8. The fraction of sp³-hybridized carbons (Fsp3) is 0.409. The molecule has 2 rings (SSSR count). The number of nitrogens with one attached hydrogen (secondary N) is 1. The van der Waals surface area contributed by atoms with Crippen LogP contribution in [0.3, 0.4) is 0 Å². The second-order valence-electron chi connectivity index (χ2n) is 6.46. The number of halogens is 2. The zero-order valence-corrected chi connectivity index (χ0v) is 20.2. The zero-order chi connectivity index (χ0) is 23.1. The van der Waals surface area contributed by atoms with E-state index in [4.69, 9.17) is 32.7 Å². The van der Waals surface area contributed by atoms with Gasteiger partial charge in [-0.05, 0) is 44.5 Å². The molecule has 0 heterocycles. The van der Waals surface area contributed by atoms with Crippen LogP contribution < -0.4 is 5.32 Å². The van der Waals surface area contributed by atoms with Crippen molar-refractivity contribution < 1.29 is 23.7 Å². The highest BCUT2D eigenvalue weighted by atomic mass is 35.5. The van der Waals surface area contributed by atoms with Gasteiger partial charge >= 0.3 is 0 Å². The molecular formula is C22H30Cl2NO5P. The highest BCUT2D eigenvalue weighted by Crippen LogP contribution is 2.47. The molecule has 0 aliphatic heterocycles. The number of ether oxygens (including phenoxy) is 2. The second-order valence-corrected chi connectivity index (χ2v) is 9.65. The van der Waals surface area contributed by atoms with Crippen molar-refractivity contribution in [3.63, 3.8) is 0 Å². The Labute approximate surface area is 194 Å². The van der Waals surface area contributed by atoms with Crippen LogP contribution in [0.1, 0.15) is 36.2 Å². The predicted octanol–water partition coefficient (Wildman–Crippen LogP) is 5.60. The molecule has 6 nitrogen and oxygen atoms in total. The summed E-state index contributed by atoms with van der Waals surface area (Å²) in [5.41, 5.74) is 1.55. The third-order valence-corrected chi connectivity index (χ3v) is 6.71. The van der Waals surface area contributed by atoms with Crippen molar-refractivity contribution in [2.75, 3.05) is 25.9 Å². The van der Waals surface area contributed by atoms with Gasteiger partial charge in [0.2, 0.25) is 6.03 Å². The van der Waals surface area contributed by atoms with Gasteiger partial charge in [-0.25, -0.2) is 0 Å². The van der Waals surface area contributed by atoms with Crippen LogP contribution in [-0.4, -0.2) is 43.1 Å². The minimum Gasteiger partial charge on any atom is -0.345 e. The maximum absolute atomic E-state index is 12.2. The summed E-state index contributed by atoms with van der Waals surface area (Å²) in [6.45, 7) is 5.50. The maximum Gasteiger partial charge on any atom is 0.255 e. The summed E-state index contributed by atoms with van der Waals surface area (Å²) in [6, 6.07) is 13.5. The zero-order valence-electron chi connectivity index (χ0n) is 17.8. The molecule has 0 saturated heterocycles. The fourth-order valence-corrected chi connectivity index (χ4v) is 4.51.